The highest BCUT2D eigenvalue weighted by molar-refractivity contribution is 5.92. The van der Waals surface area contributed by atoms with Crippen molar-refractivity contribution in [2.75, 3.05) is 13.2 Å². The standard InChI is InChI=1S/C18H24O3/c19-16-14-17(18(16)10-6-1-2-7-11-18)21-13-12-20-15-8-4-3-5-9-15/h3-5,8-9,17H,1-2,6-7,10-14H2. The molecule has 0 heterocycles. The fourth-order valence-corrected chi connectivity index (χ4v) is 3.66. The molecule has 2 saturated carbocycles. The van der Waals surface area contributed by atoms with E-state index in [1.54, 1.807) is 0 Å². The quantitative estimate of drug-likeness (QED) is 0.774. The second-order valence-corrected chi connectivity index (χ2v) is 6.22. The summed E-state index contributed by atoms with van der Waals surface area (Å²) < 4.78 is 11.6. The molecule has 3 nitrogen and oxygen atoms in total. The summed E-state index contributed by atoms with van der Waals surface area (Å²) in [5, 5.41) is 0. The minimum absolute atomic E-state index is 0.127. The molecule has 1 aromatic rings. The second kappa shape index (κ2) is 6.61. The van der Waals surface area contributed by atoms with E-state index in [4.69, 9.17) is 9.47 Å². The molecule has 1 atom stereocenters. The highest BCUT2D eigenvalue weighted by Crippen LogP contribution is 2.49. The smallest absolute Gasteiger partial charge is 0.144 e. The highest BCUT2D eigenvalue weighted by atomic mass is 16.5. The SMILES string of the molecule is O=C1CC(OCCOc2ccccc2)C12CCCCCC2. The maximum Gasteiger partial charge on any atom is 0.144 e. The van der Waals surface area contributed by atoms with Gasteiger partial charge in [-0.1, -0.05) is 43.9 Å². The van der Waals surface area contributed by atoms with E-state index in [1.165, 1.54) is 25.7 Å². The molecule has 2 aliphatic carbocycles. The molecule has 0 aliphatic heterocycles. The molecule has 0 amide bonds. The normalized spacial score (nSPS) is 24.4. The minimum Gasteiger partial charge on any atom is -0.491 e. The average molecular weight is 288 g/mol. The topological polar surface area (TPSA) is 35.5 Å². The summed E-state index contributed by atoms with van der Waals surface area (Å²) in [4.78, 5) is 12.1. The van der Waals surface area contributed by atoms with E-state index in [0.717, 1.165) is 18.6 Å². The van der Waals surface area contributed by atoms with Crippen molar-refractivity contribution in [3.63, 3.8) is 0 Å². The largest absolute Gasteiger partial charge is 0.491 e. The number of benzene rings is 1. The molecule has 3 rings (SSSR count). The number of ketones is 1. The molecule has 1 spiro atoms. The Labute approximate surface area is 126 Å². The van der Waals surface area contributed by atoms with Crippen molar-refractivity contribution in [3.8, 4) is 5.75 Å². The Bertz CT molecular complexity index is 461. The van der Waals surface area contributed by atoms with Crippen molar-refractivity contribution in [1.82, 2.24) is 0 Å². The van der Waals surface area contributed by atoms with Gasteiger partial charge in [0.2, 0.25) is 0 Å². The van der Waals surface area contributed by atoms with Crippen LogP contribution < -0.4 is 4.74 Å². The molecular weight excluding hydrogens is 264 g/mol. The monoisotopic (exact) mass is 288 g/mol. The van der Waals surface area contributed by atoms with Crippen LogP contribution in [0.5, 0.6) is 5.75 Å². The number of carbonyl (C=O) groups excluding carboxylic acids is 1. The molecule has 2 fully saturated rings. The maximum absolute atomic E-state index is 12.1. The summed E-state index contributed by atoms with van der Waals surface area (Å²) in [6.45, 7) is 1.11. The fourth-order valence-electron chi connectivity index (χ4n) is 3.66. The van der Waals surface area contributed by atoms with Crippen LogP contribution in [0.2, 0.25) is 0 Å². The van der Waals surface area contributed by atoms with Crippen LogP contribution in [0.15, 0.2) is 30.3 Å². The first-order valence-corrected chi connectivity index (χ1v) is 8.14. The van der Waals surface area contributed by atoms with Gasteiger partial charge in [0.1, 0.15) is 18.1 Å². The van der Waals surface area contributed by atoms with Gasteiger partial charge in [-0.25, -0.2) is 0 Å². The van der Waals surface area contributed by atoms with Crippen molar-refractivity contribution in [2.45, 2.75) is 51.0 Å². The van der Waals surface area contributed by atoms with Gasteiger partial charge in [0.15, 0.2) is 0 Å². The number of hydrogen-bond donors (Lipinski definition) is 0. The lowest BCUT2D eigenvalue weighted by molar-refractivity contribution is -0.167. The first-order chi connectivity index (χ1) is 10.3. The zero-order valence-electron chi connectivity index (χ0n) is 12.6. The van der Waals surface area contributed by atoms with Crippen LogP contribution in [-0.2, 0) is 9.53 Å². The van der Waals surface area contributed by atoms with E-state index in [9.17, 15) is 4.79 Å². The molecule has 1 unspecified atom stereocenters. The molecule has 0 bridgehead atoms. The van der Waals surface area contributed by atoms with Gasteiger partial charge in [0.05, 0.1) is 18.1 Å². The minimum atomic E-state index is -0.150. The van der Waals surface area contributed by atoms with Gasteiger partial charge in [-0.2, -0.15) is 0 Å². The van der Waals surface area contributed by atoms with Crippen LogP contribution in [-0.4, -0.2) is 25.1 Å². The predicted molar refractivity (Wildman–Crippen MR) is 81.4 cm³/mol. The van der Waals surface area contributed by atoms with Gasteiger partial charge < -0.3 is 9.47 Å². The van der Waals surface area contributed by atoms with Crippen molar-refractivity contribution in [3.05, 3.63) is 30.3 Å². The Morgan fingerprint density at radius 1 is 1.00 bits per heavy atom. The zero-order valence-corrected chi connectivity index (χ0v) is 12.6. The molecule has 1 aromatic carbocycles. The summed E-state index contributed by atoms with van der Waals surface area (Å²) in [7, 11) is 0. The number of para-hydroxylation sites is 1. The number of carbonyl (C=O) groups is 1. The average Bonchev–Trinajstić information content (AvgIpc) is 2.79. The summed E-state index contributed by atoms with van der Waals surface area (Å²) >= 11 is 0. The highest BCUT2D eigenvalue weighted by Gasteiger charge is 2.54. The van der Waals surface area contributed by atoms with Crippen molar-refractivity contribution in [2.24, 2.45) is 5.41 Å². The van der Waals surface area contributed by atoms with Gasteiger partial charge in [-0.3, -0.25) is 4.79 Å². The van der Waals surface area contributed by atoms with Gasteiger partial charge >= 0.3 is 0 Å². The van der Waals surface area contributed by atoms with Gasteiger partial charge in [0, 0.05) is 6.42 Å². The Morgan fingerprint density at radius 2 is 1.71 bits per heavy atom. The van der Waals surface area contributed by atoms with E-state index in [0.29, 0.717) is 25.4 Å². The number of ether oxygens (including phenoxy) is 2. The van der Waals surface area contributed by atoms with E-state index in [1.807, 2.05) is 30.3 Å². The van der Waals surface area contributed by atoms with Crippen LogP contribution >= 0.6 is 0 Å². The molecular formula is C18H24O3. The van der Waals surface area contributed by atoms with Crippen molar-refractivity contribution >= 4 is 5.78 Å². The second-order valence-electron chi connectivity index (χ2n) is 6.22. The summed E-state index contributed by atoms with van der Waals surface area (Å²) in [6.07, 6.45) is 7.65. The summed E-state index contributed by atoms with van der Waals surface area (Å²) in [5.41, 5.74) is -0.150. The van der Waals surface area contributed by atoms with Crippen molar-refractivity contribution in [1.29, 1.82) is 0 Å². The van der Waals surface area contributed by atoms with Gasteiger partial charge in [-0.15, -0.1) is 0 Å². The predicted octanol–water partition coefficient (Wildman–Crippen LogP) is 3.76. The Kier molecular flexibility index (Phi) is 4.59. The van der Waals surface area contributed by atoms with E-state index in [-0.39, 0.29) is 11.5 Å². The lowest BCUT2D eigenvalue weighted by atomic mass is 9.60. The molecule has 3 heteroatoms. The van der Waals surface area contributed by atoms with E-state index in [2.05, 4.69) is 0 Å². The van der Waals surface area contributed by atoms with Crippen LogP contribution in [0.3, 0.4) is 0 Å². The third-order valence-corrected chi connectivity index (χ3v) is 4.95. The molecule has 0 saturated heterocycles. The first-order valence-electron chi connectivity index (χ1n) is 8.14. The third kappa shape index (κ3) is 3.13. The number of Topliss-reactive ketones (excluding diaryl/α,β-unsaturated/α-hetero) is 1. The first kappa shape index (κ1) is 14.6. The zero-order chi connectivity index (χ0) is 14.5. The fraction of sp³-hybridized carbons (Fsp3) is 0.611. The molecule has 0 radical (unpaired) electrons. The van der Waals surface area contributed by atoms with E-state index < -0.39 is 0 Å². The summed E-state index contributed by atoms with van der Waals surface area (Å²) in [6, 6.07) is 9.78. The van der Waals surface area contributed by atoms with Gasteiger partial charge in [0.25, 0.3) is 0 Å². The van der Waals surface area contributed by atoms with Crippen LogP contribution in [0.25, 0.3) is 0 Å². The number of rotatable bonds is 5. The van der Waals surface area contributed by atoms with E-state index >= 15 is 0 Å². The Hall–Kier alpha value is -1.35. The molecule has 0 N–H and O–H groups in total. The molecule has 2 aliphatic rings. The maximum atomic E-state index is 12.1. The Morgan fingerprint density at radius 3 is 2.38 bits per heavy atom. The third-order valence-electron chi connectivity index (χ3n) is 4.95. The molecule has 21 heavy (non-hydrogen) atoms. The molecule has 114 valence electrons. The van der Waals surface area contributed by atoms with Crippen molar-refractivity contribution < 1.29 is 14.3 Å². The van der Waals surface area contributed by atoms with Gasteiger partial charge in [-0.05, 0) is 25.0 Å². The lowest BCUT2D eigenvalue weighted by Crippen LogP contribution is -2.55. The summed E-state index contributed by atoms with van der Waals surface area (Å²) in [5.74, 6) is 1.30. The lowest BCUT2D eigenvalue weighted by Gasteiger charge is -2.47. The van der Waals surface area contributed by atoms with Crippen LogP contribution in [0.4, 0.5) is 0 Å². The van der Waals surface area contributed by atoms with Crippen LogP contribution in [0.1, 0.15) is 44.9 Å². The molecule has 0 aromatic heterocycles. The van der Waals surface area contributed by atoms with Crippen LogP contribution in [0, 0.1) is 5.41 Å². The number of hydrogen-bond acceptors (Lipinski definition) is 3. The Balaban J connectivity index is 1.46.